The molecule has 0 spiro atoms. The highest BCUT2D eigenvalue weighted by molar-refractivity contribution is 6.04. The smallest absolute Gasteiger partial charge is 0.291 e. The second-order valence-electron chi connectivity index (χ2n) is 6.17. The molecule has 1 atom stereocenters. The minimum absolute atomic E-state index is 0.108. The Labute approximate surface area is 143 Å². The van der Waals surface area contributed by atoms with Crippen LogP contribution in [0.2, 0.25) is 0 Å². The largest absolute Gasteiger partial charge is 0.497 e. The summed E-state index contributed by atoms with van der Waals surface area (Å²) in [6, 6.07) is 7.20. The van der Waals surface area contributed by atoms with Crippen LogP contribution in [0, 0.1) is 5.92 Å². The lowest BCUT2D eigenvalue weighted by Crippen LogP contribution is -2.34. The number of aliphatic imine (C=N–C) groups is 1. The number of hydrogen-bond acceptors (Lipinski definition) is 5. The van der Waals surface area contributed by atoms with Crippen molar-refractivity contribution in [1.82, 2.24) is 5.32 Å². The van der Waals surface area contributed by atoms with Gasteiger partial charge >= 0.3 is 0 Å². The van der Waals surface area contributed by atoms with Crippen molar-refractivity contribution in [2.75, 3.05) is 26.9 Å². The zero-order chi connectivity index (χ0) is 17.4. The minimum Gasteiger partial charge on any atom is -0.497 e. The van der Waals surface area contributed by atoms with E-state index in [1.165, 1.54) is 0 Å². The molecule has 1 aliphatic rings. The zero-order valence-corrected chi connectivity index (χ0v) is 14.6. The fourth-order valence-corrected chi connectivity index (χ4v) is 2.27. The average molecular weight is 334 g/mol. The predicted octanol–water partition coefficient (Wildman–Crippen LogP) is 2.63. The molecule has 6 heteroatoms. The summed E-state index contributed by atoms with van der Waals surface area (Å²) in [5.41, 5.74) is 0.493. The van der Waals surface area contributed by atoms with E-state index in [4.69, 9.17) is 14.2 Å². The van der Waals surface area contributed by atoms with Crippen LogP contribution in [0.15, 0.2) is 29.3 Å². The Morgan fingerprint density at radius 3 is 2.96 bits per heavy atom. The Morgan fingerprint density at radius 2 is 2.29 bits per heavy atom. The average Bonchev–Trinajstić information content (AvgIpc) is 3.10. The fourth-order valence-electron chi connectivity index (χ4n) is 2.27. The number of hydrogen-bond donors (Lipinski definition) is 1. The van der Waals surface area contributed by atoms with Crippen molar-refractivity contribution in [3.63, 3.8) is 0 Å². The molecule has 0 aromatic heterocycles. The van der Waals surface area contributed by atoms with Gasteiger partial charge in [0.05, 0.1) is 26.4 Å². The predicted molar refractivity (Wildman–Crippen MR) is 92.5 cm³/mol. The van der Waals surface area contributed by atoms with Crippen molar-refractivity contribution in [3.8, 4) is 5.75 Å². The van der Waals surface area contributed by atoms with Crippen molar-refractivity contribution in [2.45, 2.75) is 32.8 Å². The fraction of sp³-hybridized carbons (Fsp3) is 0.556. The Bertz CT molecular complexity index is 566. The number of amides is 1. The second-order valence-corrected chi connectivity index (χ2v) is 6.17. The molecule has 6 nitrogen and oxygen atoms in total. The topological polar surface area (TPSA) is 69.2 Å². The molecule has 1 unspecified atom stereocenters. The van der Waals surface area contributed by atoms with Crippen LogP contribution in [0.4, 0.5) is 0 Å². The van der Waals surface area contributed by atoms with Crippen LogP contribution in [0.1, 0.15) is 37.0 Å². The van der Waals surface area contributed by atoms with Crippen molar-refractivity contribution in [1.29, 1.82) is 0 Å². The molecule has 1 amide bonds. The van der Waals surface area contributed by atoms with Gasteiger partial charge in [0.25, 0.3) is 11.9 Å². The van der Waals surface area contributed by atoms with Gasteiger partial charge in [-0.3, -0.25) is 10.1 Å². The van der Waals surface area contributed by atoms with Crippen molar-refractivity contribution >= 4 is 11.9 Å². The van der Waals surface area contributed by atoms with Gasteiger partial charge in [-0.1, -0.05) is 19.9 Å². The number of amidine groups is 1. The van der Waals surface area contributed by atoms with E-state index in [-0.39, 0.29) is 18.0 Å². The molecule has 132 valence electrons. The first-order valence-corrected chi connectivity index (χ1v) is 8.32. The highest BCUT2D eigenvalue weighted by atomic mass is 16.5. The van der Waals surface area contributed by atoms with E-state index >= 15 is 0 Å². The lowest BCUT2D eigenvalue weighted by atomic mass is 10.2. The van der Waals surface area contributed by atoms with Crippen LogP contribution < -0.4 is 10.1 Å². The molecule has 1 aromatic carbocycles. The van der Waals surface area contributed by atoms with E-state index in [1.54, 1.807) is 31.4 Å². The number of benzene rings is 1. The molecule has 1 N–H and O–H groups in total. The van der Waals surface area contributed by atoms with E-state index < -0.39 is 0 Å². The third kappa shape index (κ3) is 5.85. The molecular weight excluding hydrogens is 308 g/mol. The minimum atomic E-state index is -0.274. The van der Waals surface area contributed by atoms with Crippen molar-refractivity contribution in [3.05, 3.63) is 29.8 Å². The lowest BCUT2D eigenvalue weighted by Gasteiger charge is -2.14. The number of nitrogens with zero attached hydrogens (tertiary/aromatic N) is 1. The van der Waals surface area contributed by atoms with E-state index in [0.717, 1.165) is 19.4 Å². The summed E-state index contributed by atoms with van der Waals surface area (Å²) in [7, 11) is 1.57. The first-order chi connectivity index (χ1) is 11.6. The van der Waals surface area contributed by atoms with Gasteiger partial charge in [0.15, 0.2) is 0 Å². The van der Waals surface area contributed by atoms with Gasteiger partial charge in [0, 0.05) is 12.2 Å². The number of carbonyl (C=O) groups excluding carboxylic acids is 1. The van der Waals surface area contributed by atoms with E-state index in [0.29, 0.717) is 30.4 Å². The highest BCUT2D eigenvalue weighted by Crippen LogP contribution is 2.13. The maximum atomic E-state index is 12.4. The van der Waals surface area contributed by atoms with Gasteiger partial charge in [-0.2, -0.15) is 0 Å². The molecule has 1 aromatic rings. The molecule has 24 heavy (non-hydrogen) atoms. The molecule has 0 bridgehead atoms. The van der Waals surface area contributed by atoms with E-state index in [2.05, 4.69) is 10.3 Å². The molecule has 1 heterocycles. The Balaban J connectivity index is 2.01. The molecule has 2 rings (SSSR count). The maximum absolute atomic E-state index is 12.4. The molecule has 1 saturated heterocycles. The number of carbonyl (C=O) groups is 1. The van der Waals surface area contributed by atoms with E-state index in [9.17, 15) is 4.79 Å². The maximum Gasteiger partial charge on any atom is 0.291 e. The quantitative estimate of drug-likeness (QED) is 0.641. The van der Waals surface area contributed by atoms with Crippen molar-refractivity contribution in [2.24, 2.45) is 10.9 Å². The number of ether oxygens (including phenoxy) is 3. The van der Waals surface area contributed by atoms with Gasteiger partial charge in [0.2, 0.25) is 0 Å². The third-order valence-electron chi connectivity index (χ3n) is 3.57. The normalized spacial score (nSPS) is 17.8. The summed E-state index contributed by atoms with van der Waals surface area (Å²) in [4.78, 5) is 16.8. The van der Waals surface area contributed by atoms with Gasteiger partial charge in [0.1, 0.15) is 5.75 Å². The summed E-state index contributed by atoms with van der Waals surface area (Å²) in [5, 5.41) is 2.74. The summed E-state index contributed by atoms with van der Waals surface area (Å²) in [6.45, 7) is 5.84. The first-order valence-electron chi connectivity index (χ1n) is 8.32. The van der Waals surface area contributed by atoms with Gasteiger partial charge in [-0.15, -0.1) is 0 Å². The molecule has 1 aliphatic heterocycles. The van der Waals surface area contributed by atoms with Crippen LogP contribution >= 0.6 is 0 Å². The number of methoxy groups -OCH3 is 1. The van der Waals surface area contributed by atoms with Gasteiger partial charge in [-0.25, -0.2) is 4.99 Å². The molecular formula is C18H26N2O4. The number of rotatable bonds is 6. The Kier molecular flexibility index (Phi) is 7.06. The molecule has 0 aliphatic carbocycles. The summed E-state index contributed by atoms with van der Waals surface area (Å²) in [5.74, 6) is 0.694. The zero-order valence-electron chi connectivity index (χ0n) is 14.6. The third-order valence-corrected chi connectivity index (χ3v) is 3.57. The van der Waals surface area contributed by atoms with E-state index in [1.807, 2.05) is 13.8 Å². The first kappa shape index (κ1) is 18.3. The SMILES string of the molecule is COc1cccc(C(=O)NC(=NCC2CCCO2)OCC(C)C)c1. The molecule has 0 saturated carbocycles. The summed E-state index contributed by atoms with van der Waals surface area (Å²) in [6.07, 6.45) is 2.15. The Morgan fingerprint density at radius 1 is 1.46 bits per heavy atom. The van der Waals surface area contributed by atoms with Crippen LogP contribution in [-0.2, 0) is 9.47 Å². The van der Waals surface area contributed by atoms with Gasteiger partial charge < -0.3 is 14.2 Å². The lowest BCUT2D eigenvalue weighted by molar-refractivity contribution is 0.0959. The van der Waals surface area contributed by atoms with Crippen molar-refractivity contribution < 1.29 is 19.0 Å². The van der Waals surface area contributed by atoms with Crippen LogP contribution in [0.3, 0.4) is 0 Å². The summed E-state index contributed by atoms with van der Waals surface area (Å²) >= 11 is 0. The molecule has 1 fully saturated rings. The van der Waals surface area contributed by atoms with Gasteiger partial charge in [-0.05, 0) is 37.0 Å². The Hall–Kier alpha value is -2.08. The standard InChI is InChI=1S/C18H26N2O4/c1-13(2)12-24-18(19-11-16-8-5-9-23-16)20-17(21)14-6-4-7-15(10-14)22-3/h4,6-7,10,13,16H,5,8-9,11-12H2,1-3H3,(H,19,20,21). The highest BCUT2D eigenvalue weighted by Gasteiger charge is 2.17. The number of nitrogens with one attached hydrogen (secondary N) is 1. The summed E-state index contributed by atoms with van der Waals surface area (Å²) < 4.78 is 16.3. The monoisotopic (exact) mass is 334 g/mol. The molecule has 0 radical (unpaired) electrons. The van der Waals surface area contributed by atoms with Crippen LogP contribution in [0.5, 0.6) is 5.75 Å². The van der Waals surface area contributed by atoms with Crippen LogP contribution in [-0.4, -0.2) is 44.9 Å². The van der Waals surface area contributed by atoms with Crippen LogP contribution in [0.25, 0.3) is 0 Å². The second kappa shape index (κ2) is 9.27.